The van der Waals surface area contributed by atoms with Crippen molar-refractivity contribution in [1.82, 2.24) is 16.0 Å². The zero-order chi connectivity index (χ0) is 24.1. The fraction of sp³-hybridized carbons (Fsp3) is 0.500. The van der Waals surface area contributed by atoms with Crippen molar-refractivity contribution < 1.29 is 28.7 Å². The molecule has 10 nitrogen and oxygen atoms in total. The number of hydrogen-bond donors (Lipinski definition) is 3. The summed E-state index contributed by atoms with van der Waals surface area (Å²) >= 11 is 0. The molecule has 0 aliphatic heterocycles. The minimum atomic E-state index is -0.974. The van der Waals surface area contributed by atoms with E-state index in [4.69, 9.17) is 10.3 Å². The van der Waals surface area contributed by atoms with Gasteiger partial charge in [0.15, 0.2) is 0 Å². The van der Waals surface area contributed by atoms with Gasteiger partial charge in [0.1, 0.15) is 12.6 Å². The van der Waals surface area contributed by atoms with E-state index < -0.39 is 35.8 Å². The third kappa shape index (κ3) is 10.1. The minimum Gasteiger partial charge on any atom is -0.445 e. The first-order valence-electron chi connectivity index (χ1n) is 10.4. The quantitative estimate of drug-likeness (QED) is 0.252. The van der Waals surface area contributed by atoms with Gasteiger partial charge in [0.05, 0.1) is 12.6 Å². The lowest BCUT2D eigenvalue weighted by atomic mass is 10.0. The molecule has 0 aliphatic rings. The number of nitrogens with zero attached hydrogens (tertiary/aromatic N) is 2. The summed E-state index contributed by atoms with van der Waals surface area (Å²) in [5, 5.41) is 7.55. The molecule has 0 aromatic heterocycles. The zero-order valence-electron chi connectivity index (χ0n) is 18.8. The Morgan fingerprint density at radius 3 is 2.28 bits per heavy atom. The highest BCUT2D eigenvalue weighted by atomic mass is 16.5. The topological polar surface area (TPSA) is 150 Å². The molecule has 1 aromatic carbocycles. The van der Waals surface area contributed by atoms with Crippen LogP contribution in [0, 0.1) is 11.8 Å². The number of imide groups is 1. The monoisotopic (exact) mass is 445 g/mol. The second-order valence-electron chi connectivity index (χ2n) is 8.06. The molecule has 174 valence electrons. The number of hydrogen-bond acceptors (Lipinski definition) is 6. The molecule has 0 aliphatic carbocycles. The van der Waals surface area contributed by atoms with Gasteiger partial charge in [-0.05, 0) is 23.8 Å². The van der Waals surface area contributed by atoms with Crippen molar-refractivity contribution >= 4 is 29.9 Å². The molecule has 0 fully saturated rings. The Hall–Kier alpha value is -3.36. The van der Waals surface area contributed by atoms with E-state index in [0.717, 1.165) is 11.8 Å². The molecule has 0 saturated carbocycles. The van der Waals surface area contributed by atoms with Crippen molar-refractivity contribution in [3.05, 3.63) is 41.4 Å². The largest absolute Gasteiger partial charge is 0.445 e. The van der Waals surface area contributed by atoms with E-state index in [1.807, 2.05) is 32.0 Å². The maximum Gasteiger partial charge on any atom is 0.408 e. The Morgan fingerprint density at radius 2 is 1.72 bits per heavy atom. The minimum absolute atomic E-state index is 0.0478. The lowest BCUT2D eigenvalue weighted by Gasteiger charge is -2.23. The van der Waals surface area contributed by atoms with Crippen molar-refractivity contribution in [2.24, 2.45) is 11.8 Å². The van der Waals surface area contributed by atoms with Gasteiger partial charge in [-0.2, -0.15) is 4.79 Å². The maximum absolute atomic E-state index is 12.7. The van der Waals surface area contributed by atoms with Gasteiger partial charge in [-0.25, -0.2) is 4.79 Å². The first-order chi connectivity index (χ1) is 15.1. The van der Waals surface area contributed by atoms with Crippen LogP contribution in [0.4, 0.5) is 4.79 Å². The van der Waals surface area contributed by atoms with Crippen LogP contribution in [0.3, 0.4) is 0 Å². The summed E-state index contributed by atoms with van der Waals surface area (Å²) in [6.07, 6.45) is 0.247. The van der Waals surface area contributed by atoms with Gasteiger partial charge in [-0.3, -0.25) is 25.0 Å². The predicted molar refractivity (Wildman–Crippen MR) is 117 cm³/mol. The second-order valence-corrected chi connectivity index (χ2v) is 8.06. The molecule has 3 amide bonds. The average molecular weight is 446 g/mol. The molecule has 0 saturated heterocycles. The van der Waals surface area contributed by atoms with Crippen LogP contribution < -0.4 is 16.0 Å². The van der Waals surface area contributed by atoms with E-state index in [1.165, 1.54) is 0 Å². The number of carbonyl (C=O) groups is 4. The van der Waals surface area contributed by atoms with Crippen molar-refractivity contribution in [2.75, 3.05) is 6.54 Å². The smallest absolute Gasteiger partial charge is 0.408 e. The van der Waals surface area contributed by atoms with Crippen LogP contribution >= 0.6 is 0 Å². The van der Waals surface area contributed by atoms with Crippen molar-refractivity contribution in [3.63, 3.8) is 0 Å². The Balaban J connectivity index is 2.73. The van der Waals surface area contributed by atoms with E-state index in [2.05, 4.69) is 20.7 Å². The molecule has 2 unspecified atom stereocenters. The molecular weight excluding hydrogens is 414 g/mol. The lowest BCUT2D eigenvalue weighted by molar-refractivity contribution is -0.133. The number of nitrogens with one attached hydrogen (secondary N) is 3. The number of benzene rings is 1. The summed E-state index contributed by atoms with van der Waals surface area (Å²) in [5.41, 5.74) is 9.20. The summed E-state index contributed by atoms with van der Waals surface area (Å²) in [7, 11) is 0. The molecule has 3 N–H and O–H groups in total. The van der Waals surface area contributed by atoms with E-state index in [-0.39, 0.29) is 25.0 Å². The van der Waals surface area contributed by atoms with Gasteiger partial charge in [-0.1, -0.05) is 58.0 Å². The van der Waals surface area contributed by atoms with Crippen LogP contribution in [0.1, 0.15) is 39.7 Å². The van der Waals surface area contributed by atoms with E-state index >= 15 is 0 Å². The Kier molecular flexibility index (Phi) is 11.5. The van der Waals surface area contributed by atoms with Crippen LogP contribution in [0.15, 0.2) is 30.3 Å². The van der Waals surface area contributed by atoms with E-state index in [9.17, 15) is 19.2 Å². The molecule has 1 rings (SSSR count). The summed E-state index contributed by atoms with van der Waals surface area (Å²) in [4.78, 5) is 51.7. The normalized spacial score (nSPS) is 12.4. The number of ketones is 1. The molecule has 0 bridgehead atoms. The molecule has 0 spiro atoms. The molecule has 0 radical (unpaired) electrons. The van der Waals surface area contributed by atoms with Crippen LogP contribution in [0.2, 0.25) is 0 Å². The van der Waals surface area contributed by atoms with Gasteiger partial charge in [-0.15, -0.1) is 0 Å². The molecule has 32 heavy (non-hydrogen) atoms. The van der Waals surface area contributed by atoms with Gasteiger partial charge in [0.2, 0.25) is 17.6 Å². The summed E-state index contributed by atoms with van der Waals surface area (Å²) in [6.45, 7) is 7.06. The van der Waals surface area contributed by atoms with Crippen LogP contribution in [-0.4, -0.2) is 53.3 Å². The molecule has 10 heteroatoms. The number of carbonyl (C=O) groups excluding carboxylic acids is 4. The van der Waals surface area contributed by atoms with Crippen molar-refractivity contribution in [3.8, 4) is 0 Å². The van der Waals surface area contributed by atoms with Gasteiger partial charge < -0.3 is 15.6 Å². The first kappa shape index (κ1) is 26.7. The molecule has 1 aromatic rings. The van der Waals surface area contributed by atoms with Crippen LogP contribution in [0.5, 0.6) is 0 Å². The summed E-state index contributed by atoms with van der Waals surface area (Å²) in [6, 6.07) is 7.28. The third-order valence-corrected chi connectivity index (χ3v) is 4.42. The zero-order valence-corrected chi connectivity index (χ0v) is 18.8. The highest BCUT2D eigenvalue weighted by Crippen LogP contribution is 2.08. The maximum atomic E-state index is 12.7. The van der Waals surface area contributed by atoms with Crippen molar-refractivity contribution in [2.45, 2.75) is 52.8 Å². The first-order valence-corrected chi connectivity index (χ1v) is 10.4. The number of alkyl carbamates (subject to hydrolysis) is 1. The van der Waals surface area contributed by atoms with E-state index in [0.29, 0.717) is 6.42 Å². The van der Waals surface area contributed by atoms with Crippen LogP contribution in [-0.2, 0) is 25.7 Å². The Labute approximate surface area is 187 Å². The number of ether oxygens (including phenoxy) is 1. The molecular formula is C22H31N5O5. The highest BCUT2D eigenvalue weighted by Gasteiger charge is 2.29. The number of amides is 3. The van der Waals surface area contributed by atoms with Gasteiger partial charge in [0, 0.05) is 0 Å². The third-order valence-electron chi connectivity index (χ3n) is 4.42. The second kappa shape index (κ2) is 13.8. The summed E-state index contributed by atoms with van der Waals surface area (Å²) in [5.74, 6) is -2.01. The van der Waals surface area contributed by atoms with Crippen LogP contribution in [0.25, 0.3) is 5.53 Å². The summed E-state index contributed by atoms with van der Waals surface area (Å²) < 4.78 is 5.17. The standard InChI is InChI=1S/C22H31N5O5/c1-14(2)10-18(26-22(31)32-13-16-8-6-5-7-9-16)20(29)27-21(30)19(15(3)4)24-11-17(28)12-25-23/h5-9,12,14-15,18-19,24H,10-11,13H2,1-4H3,(H,26,31)(H,27,29,30). The fourth-order valence-corrected chi connectivity index (χ4v) is 2.85. The number of Topliss-reactive ketones (excluding diaryl/α,β-unsaturated/α-hetero) is 1. The predicted octanol–water partition coefficient (Wildman–Crippen LogP) is 1.45. The highest BCUT2D eigenvalue weighted by molar-refractivity contribution is 6.26. The molecule has 2 atom stereocenters. The van der Waals surface area contributed by atoms with Gasteiger partial charge >= 0.3 is 12.3 Å². The average Bonchev–Trinajstić information content (AvgIpc) is 2.72. The Morgan fingerprint density at radius 1 is 1.06 bits per heavy atom. The van der Waals surface area contributed by atoms with E-state index in [1.54, 1.807) is 26.0 Å². The van der Waals surface area contributed by atoms with Gasteiger partial charge in [0.25, 0.3) is 0 Å². The SMILES string of the molecule is CC(C)CC(NC(=O)OCc1ccccc1)C(=O)NC(=O)C(NCC(=O)C=[N+]=[N-])C(C)C. The Bertz CT molecular complexity index is 834. The van der Waals surface area contributed by atoms with Crippen molar-refractivity contribution in [1.29, 1.82) is 0 Å². The fourth-order valence-electron chi connectivity index (χ4n) is 2.85. The lowest BCUT2D eigenvalue weighted by Crippen LogP contribution is -2.55. The molecule has 0 heterocycles. The number of rotatable bonds is 12.